The van der Waals surface area contributed by atoms with Crippen LogP contribution >= 0.6 is 0 Å². The summed E-state index contributed by atoms with van der Waals surface area (Å²) in [6.07, 6.45) is 1.70. The normalized spacial score (nSPS) is 13.1. The number of fused-ring (bicyclic) bond motifs is 1. The van der Waals surface area contributed by atoms with Gasteiger partial charge in [0, 0.05) is 30.7 Å². The molecule has 0 bridgehead atoms. The molecule has 2 amide bonds. The van der Waals surface area contributed by atoms with Gasteiger partial charge in [-0.15, -0.1) is 0 Å². The standard InChI is InChI=1S/C27H29N5O2/c1-4-31(5-2)21-13-14-22(19(3)16-21)30-25(33)18-32-26(34)17-24(20-10-7-6-8-11-20)29-23-12-9-15-28-27(23)32/h6-16H,4-5,17-18H2,1-3H3,(H,30,33). The van der Waals surface area contributed by atoms with Crippen LogP contribution in [0.4, 0.5) is 22.9 Å². The molecule has 3 aromatic rings. The molecule has 0 atom stereocenters. The van der Waals surface area contributed by atoms with Crippen LogP contribution in [-0.4, -0.2) is 42.1 Å². The molecule has 0 fully saturated rings. The highest BCUT2D eigenvalue weighted by molar-refractivity contribution is 6.18. The Morgan fingerprint density at radius 3 is 2.53 bits per heavy atom. The molecule has 1 aliphatic rings. The molecule has 0 aliphatic carbocycles. The number of carbonyl (C=O) groups is 2. The molecule has 0 saturated heterocycles. The molecule has 34 heavy (non-hydrogen) atoms. The number of pyridine rings is 1. The molecule has 7 heteroatoms. The second-order valence-electron chi connectivity index (χ2n) is 8.15. The van der Waals surface area contributed by atoms with Crippen molar-refractivity contribution in [2.75, 3.05) is 34.8 Å². The average molecular weight is 456 g/mol. The molecule has 1 N–H and O–H groups in total. The molecule has 0 spiro atoms. The summed E-state index contributed by atoms with van der Waals surface area (Å²) >= 11 is 0. The minimum absolute atomic E-state index is 0.0885. The summed E-state index contributed by atoms with van der Waals surface area (Å²) in [6.45, 7) is 7.89. The third-order valence-electron chi connectivity index (χ3n) is 5.92. The third-order valence-corrected chi connectivity index (χ3v) is 5.92. The van der Waals surface area contributed by atoms with E-state index in [1.54, 1.807) is 12.3 Å². The largest absolute Gasteiger partial charge is 0.372 e. The predicted molar refractivity (Wildman–Crippen MR) is 137 cm³/mol. The van der Waals surface area contributed by atoms with Gasteiger partial charge in [0.05, 0.1) is 12.1 Å². The molecule has 0 unspecified atom stereocenters. The maximum Gasteiger partial charge on any atom is 0.244 e. The van der Waals surface area contributed by atoms with Crippen LogP contribution in [0.25, 0.3) is 0 Å². The summed E-state index contributed by atoms with van der Waals surface area (Å²) in [5.41, 5.74) is 4.91. The predicted octanol–water partition coefficient (Wildman–Crippen LogP) is 4.73. The van der Waals surface area contributed by atoms with Crippen LogP contribution in [0.5, 0.6) is 0 Å². The lowest BCUT2D eigenvalue weighted by molar-refractivity contribution is -0.120. The molecule has 0 radical (unpaired) electrons. The lowest BCUT2D eigenvalue weighted by atomic mass is 10.1. The van der Waals surface area contributed by atoms with Crippen LogP contribution in [0.1, 0.15) is 31.4 Å². The highest BCUT2D eigenvalue weighted by Crippen LogP contribution is 2.31. The highest BCUT2D eigenvalue weighted by atomic mass is 16.2. The van der Waals surface area contributed by atoms with Gasteiger partial charge < -0.3 is 10.2 Å². The lowest BCUT2D eigenvalue weighted by Crippen LogP contribution is -2.39. The van der Waals surface area contributed by atoms with Crippen molar-refractivity contribution in [3.63, 3.8) is 0 Å². The monoisotopic (exact) mass is 455 g/mol. The van der Waals surface area contributed by atoms with Crippen LogP contribution in [0.2, 0.25) is 0 Å². The topological polar surface area (TPSA) is 77.9 Å². The average Bonchev–Trinajstić information content (AvgIpc) is 2.98. The van der Waals surface area contributed by atoms with Gasteiger partial charge in [0.25, 0.3) is 0 Å². The van der Waals surface area contributed by atoms with Crippen molar-refractivity contribution in [3.8, 4) is 0 Å². The summed E-state index contributed by atoms with van der Waals surface area (Å²) in [7, 11) is 0. The zero-order chi connectivity index (χ0) is 24.1. The van der Waals surface area contributed by atoms with Crippen LogP contribution < -0.4 is 15.1 Å². The minimum Gasteiger partial charge on any atom is -0.372 e. The number of hydrogen-bond acceptors (Lipinski definition) is 5. The molecule has 1 aromatic heterocycles. The van der Waals surface area contributed by atoms with Crippen molar-refractivity contribution in [2.45, 2.75) is 27.2 Å². The van der Waals surface area contributed by atoms with Gasteiger partial charge in [0.15, 0.2) is 5.82 Å². The molecule has 1 aliphatic heterocycles. The van der Waals surface area contributed by atoms with Gasteiger partial charge in [-0.2, -0.15) is 0 Å². The fraction of sp³-hybridized carbons (Fsp3) is 0.259. The van der Waals surface area contributed by atoms with Gasteiger partial charge in [0.2, 0.25) is 11.8 Å². The van der Waals surface area contributed by atoms with Gasteiger partial charge in [0.1, 0.15) is 12.2 Å². The smallest absolute Gasteiger partial charge is 0.244 e. The Balaban J connectivity index is 1.54. The van der Waals surface area contributed by atoms with Crippen molar-refractivity contribution in [2.24, 2.45) is 4.99 Å². The molecule has 2 aromatic carbocycles. The van der Waals surface area contributed by atoms with Gasteiger partial charge in [-0.3, -0.25) is 14.5 Å². The van der Waals surface area contributed by atoms with Crippen LogP contribution in [0.3, 0.4) is 0 Å². The van der Waals surface area contributed by atoms with Gasteiger partial charge >= 0.3 is 0 Å². The molecular formula is C27H29N5O2. The van der Waals surface area contributed by atoms with Gasteiger partial charge in [-0.05, 0) is 62.2 Å². The Labute approximate surface area is 200 Å². The van der Waals surface area contributed by atoms with Crippen LogP contribution in [-0.2, 0) is 9.59 Å². The SMILES string of the molecule is CCN(CC)c1ccc(NC(=O)CN2C(=O)CC(c3ccccc3)=Nc3cccnc32)c(C)c1. The molecular weight excluding hydrogens is 426 g/mol. The molecule has 2 heterocycles. The van der Waals surface area contributed by atoms with E-state index in [-0.39, 0.29) is 24.8 Å². The fourth-order valence-corrected chi connectivity index (χ4v) is 4.09. The van der Waals surface area contributed by atoms with Crippen molar-refractivity contribution < 1.29 is 9.59 Å². The first kappa shape index (κ1) is 23.2. The second kappa shape index (κ2) is 10.3. The van der Waals surface area contributed by atoms with Crippen LogP contribution in [0, 0.1) is 6.92 Å². The summed E-state index contributed by atoms with van der Waals surface area (Å²) in [5.74, 6) is -0.113. The first-order valence-corrected chi connectivity index (χ1v) is 11.5. The number of aryl methyl sites for hydroxylation is 1. The maximum absolute atomic E-state index is 13.2. The van der Waals surface area contributed by atoms with Crippen molar-refractivity contribution in [3.05, 3.63) is 78.0 Å². The first-order valence-electron chi connectivity index (χ1n) is 11.5. The zero-order valence-electron chi connectivity index (χ0n) is 19.8. The number of hydrogen-bond donors (Lipinski definition) is 1. The number of carbonyl (C=O) groups excluding carboxylic acids is 2. The van der Waals surface area contributed by atoms with E-state index in [1.807, 2.05) is 55.5 Å². The first-order chi connectivity index (χ1) is 16.5. The summed E-state index contributed by atoms with van der Waals surface area (Å²) in [6, 6.07) is 19.2. The molecule has 0 saturated carbocycles. The molecule has 7 nitrogen and oxygen atoms in total. The number of aromatic nitrogens is 1. The number of aliphatic imine (C=N–C) groups is 1. The second-order valence-corrected chi connectivity index (χ2v) is 8.15. The van der Waals surface area contributed by atoms with E-state index in [9.17, 15) is 9.59 Å². The van der Waals surface area contributed by atoms with E-state index >= 15 is 0 Å². The van der Waals surface area contributed by atoms with E-state index in [0.29, 0.717) is 17.2 Å². The summed E-state index contributed by atoms with van der Waals surface area (Å²) in [5, 5.41) is 2.96. The Bertz CT molecular complexity index is 1220. The van der Waals surface area contributed by atoms with E-state index in [1.165, 1.54) is 4.90 Å². The molecule has 4 rings (SSSR count). The van der Waals surface area contributed by atoms with E-state index in [2.05, 4.69) is 35.1 Å². The number of nitrogens with zero attached hydrogens (tertiary/aromatic N) is 4. The fourth-order valence-electron chi connectivity index (χ4n) is 4.09. The molecule has 174 valence electrons. The summed E-state index contributed by atoms with van der Waals surface area (Å²) < 4.78 is 0. The third kappa shape index (κ3) is 4.98. The maximum atomic E-state index is 13.2. The highest BCUT2D eigenvalue weighted by Gasteiger charge is 2.27. The zero-order valence-corrected chi connectivity index (χ0v) is 19.8. The Morgan fingerprint density at radius 2 is 1.82 bits per heavy atom. The Kier molecular flexibility index (Phi) is 7.01. The lowest BCUT2D eigenvalue weighted by Gasteiger charge is -2.23. The number of benzene rings is 2. The number of nitrogens with one attached hydrogen (secondary N) is 1. The van der Waals surface area contributed by atoms with Crippen LogP contribution in [0.15, 0.2) is 71.9 Å². The minimum atomic E-state index is -0.285. The quantitative estimate of drug-likeness (QED) is 0.559. The van der Waals surface area contributed by atoms with Crippen molar-refractivity contribution >= 4 is 40.4 Å². The van der Waals surface area contributed by atoms with Crippen molar-refractivity contribution in [1.82, 2.24) is 4.98 Å². The van der Waals surface area contributed by atoms with E-state index in [4.69, 9.17) is 4.99 Å². The number of anilines is 3. The number of amides is 2. The van der Waals surface area contributed by atoms with E-state index < -0.39 is 0 Å². The van der Waals surface area contributed by atoms with Crippen molar-refractivity contribution in [1.29, 1.82) is 0 Å². The Morgan fingerprint density at radius 1 is 1.06 bits per heavy atom. The number of rotatable bonds is 7. The summed E-state index contributed by atoms with van der Waals surface area (Å²) in [4.78, 5) is 39.0. The van der Waals surface area contributed by atoms with Gasteiger partial charge in [-0.25, -0.2) is 9.98 Å². The van der Waals surface area contributed by atoms with Gasteiger partial charge in [-0.1, -0.05) is 30.3 Å². The van der Waals surface area contributed by atoms with E-state index in [0.717, 1.165) is 35.6 Å². The Hall–Kier alpha value is -4.00.